The second-order valence-electron chi connectivity index (χ2n) is 3.06. The third-order valence-electron chi connectivity index (χ3n) is 2.23. The fourth-order valence-corrected chi connectivity index (χ4v) is 1.61. The fraction of sp³-hybridized carbons (Fsp3) is 0.857. The molecule has 0 bridgehead atoms. The Labute approximate surface area is 70.8 Å². The molecular weight excluding hydrogens is 158 g/mol. The lowest BCUT2D eigenvalue weighted by molar-refractivity contribution is 0.165. The van der Waals surface area contributed by atoms with Crippen LogP contribution in [0.1, 0.15) is 32.1 Å². The summed E-state index contributed by atoms with van der Waals surface area (Å²) in [5.41, 5.74) is 4.97. The van der Waals surface area contributed by atoms with Crippen molar-refractivity contribution in [3.8, 4) is 0 Å². The molecule has 0 aromatic heterocycles. The van der Waals surface area contributed by atoms with Gasteiger partial charge in [-0.05, 0) is 12.8 Å². The highest BCUT2D eigenvalue weighted by molar-refractivity contribution is 5.71. The fourth-order valence-electron chi connectivity index (χ4n) is 1.61. The van der Waals surface area contributed by atoms with Crippen molar-refractivity contribution in [2.45, 2.75) is 38.1 Å². The lowest BCUT2D eigenvalue weighted by atomic mass is 9.95. The van der Waals surface area contributed by atoms with Gasteiger partial charge in [0.05, 0.1) is 11.3 Å². The summed E-state index contributed by atoms with van der Waals surface area (Å²) < 4.78 is 0. The third-order valence-corrected chi connectivity index (χ3v) is 2.23. The van der Waals surface area contributed by atoms with Gasteiger partial charge >= 0.3 is 6.03 Å². The highest BCUT2D eigenvalue weighted by Gasteiger charge is 2.24. The first-order valence-electron chi connectivity index (χ1n) is 4.17. The Balaban J connectivity index is 2.51. The Morgan fingerprint density at radius 2 is 1.92 bits per heavy atom. The Hall–Kier alpha value is -1.13. The molecule has 2 N–H and O–H groups in total. The summed E-state index contributed by atoms with van der Waals surface area (Å²) >= 11 is 0. The van der Waals surface area contributed by atoms with E-state index >= 15 is 0 Å². The largest absolute Gasteiger partial charge is 0.350 e. The van der Waals surface area contributed by atoms with Gasteiger partial charge < -0.3 is 5.73 Å². The molecule has 0 saturated heterocycles. The zero-order valence-corrected chi connectivity index (χ0v) is 6.90. The molecule has 0 aromatic rings. The predicted molar refractivity (Wildman–Crippen MR) is 44.1 cm³/mol. The number of nitrogens with zero attached hydrogens (tertiary/aromatic N) is 2. The number of primary amides is 1. The Morgan fingerprint density at radius 3 is 2.33 bits per heavy atom. The molecule has 0 heterocycles. The molecule has 12 heavy (non-hydrogen) atoms. The number of nitroso groups, excluding NO2 is 1. The van der Waals surface area contributed by atoms with Crippen molar-refractivity contribution < 1.29 is 4.79 Å². The summed E-state index contributed by atoms with van der Waals surface area (Å²) in [4.78, 5) is 20.9. The molecule has 0 aromatic carbocycles. The average molecular weight is 171 g/mol. The first-order valence-corrected chi connectivity index (χ1v) is 4.17. The second-order valence-corrected chi connectivity index (χ2v) is 3.06. The van der Waals surface area contributed by atoms with Crippen molar-refractivity contribution in [2.75, 3.05) is 0 Å². The van der Waals surface area contributed by atoms with Gasteiger partial charge in [0.2, 0.25) is 0 Å². The second kappa shape index (κ2) is 4.04. The van der Waals surface area contributed by atoms with Gasteiger partial charge in [0.15, 0.2) is 0 Å². The first kappa shape index (κ1) is 8.96. The molecule has 5 nitrogen and oxygen atoms in total. The smallest absolute Gasteiger partial charge is 0.338 e. The standard InChI is InChI=1S/C7H13N3O2/c8-7(11)10(9-12)6-4-2-1-3-5-6/h6H,1-5H2,(H2,8,11). The van der Waals surface area contributed by atoms with Gasteiger partial charge in [0.25, 0.3) is 0 Å². The summed E-state index contributed by atoms with van der Waals surface area (Å²) in [5, 5.41) is 3.48. The van der Waals surface area contributed by atoms with Gasteiger partial charge in [-0.2, -0.15) is 5.01 Å². The van der Waals surface area contributed by atoms with Crippen molar-refractivity contribution in [1.29, 1.82) is 0 Å². The topological polar surface area (TPSA) is 75.8 Å². The highest BCUT2D eigenvalue weighted by Crippen LogP contribution is 2.22. The van der Waals surface area contributed by atoms with E-state index in [2.05, 4.69) is 5.29 Å². The molecule has 68 valence electrons. The SMILES string of the molecule is NC(=O)N(N=O)C1CCCCC1. The van der Waals surface area contributed by atoms with Gasteiger partial charge in [-0.3, -0.25) is 0 Å². The van der Waals surface area contributed by atoms with Crippen LogP contribution in [0.15, 0.2) is 5.29 Å². The molecule has 0 atom stereocenters. The van der Waals surface area contributed by atoms with E-state index in [1.807, 2.05) is 0 Å². The van der Waals surface area contributed by atoms with E-state index in [9.17, 15) is 9.70 Å². The van der Waals surface area contributed by atoms with E-state index in [4.69, 9.17) is 5.73 Å². The number of carbonyl (C=O) groups excluding carboxylic acids is 1. The Bertz CT molecular complexity index is 177. The number of hydrogen-bond acceptors (Lipinski definition) is 3. The van der Waals surface area contributed by atoms with Crippen LogP contribution in [-0.4, -0.2) is 17.1 Å². The number of hydrogen-bond donors (Lipinski definition) is 1. The molecule has 5 heteroatoms. The first-order chi connectivity index (χ1) is 5.75. The quantitative estimate of drug-likeness (QED) is 0.503. The summed E-state index contributed by atoms with van der Waals surface area (Å²) in [7, 11) is 0. The molecule has 2 amide bonds. The van der Waals surface area contributed by atoms with Gasteiger partial charge in [0, 0.05) is 0 Å². The number of rotatable bonds is 2. The summed E-state index contributed by atoms with van der Waals surface area (Å²) in [6, 6.07) is -0.800. The minimum absolute atomic E-state index is 0.0613. The lowest BCUT2D eigenvalue weighted by Crippen LogP contribution is -2.40. The van der Waals surface area contributed by atoms with E-state index < -0.39 is 6.03 Å². The molecule has 0 unspecified atom stereocenters. The summed E-state index contributed by atoms with van der Waals surface area (Å²) in [5.74, 6) is 0. The summed E-state index contributed by atoms with van der Waals surface area (Å²) in [6.07, 6.45) is 4.94. The van der Waals surface area contributed by atoms with Crippen LogP contribution in [0.2, 0.25) is 0 Å². The lowest BCUT2D eigenvalue weighted by Gasteiger charge is -2.26. The molecule has 1 rings (SSSR count). The maximum Gasteiger partial charge on any atom is 0.338 e. The average Bonchev–Trinajstić information content (AvgIpc) is 2.07. The Kier molecular flexibility index (Phi) is 3.01. The van der Waals surface area contributed by atoms with Crippen LogP contribution in [0.25, 0.3) is 0 Å². The van der Waals surface area contributed by atoms with Crippen LogP contribution < -0.4 is 5.73 Å². The molecular formula is C7H13N3O2. The van der Waals surface area contributed by atoms with Crippen LogP contribution in [-0.2, 0) is 0 Å². The van der Waals surface area contributed by atoms with Crippen LogP contribution in [0, 0.1) is 4.91 Å². The maximum atomic E-state index is 10.7. The van der Waals surface area contributed by atoms with Gasteiger partial charge in [-0.15, -0.1) is 4.91 Å². The number of nitrogens with two attached hydrogens (primary N) is 1. The van der Waals surface area contributed by atoms with E-state index in [1.165, 1.54) is 6.42 Å². The van der Waals surface area contributed by atoms with Crippen molar-refractivity contribution in [2.24, 2.45) is 11.0 Å². The van der Waals surface area contributed by atoms with E-state index in [0.717, 1.165) is 30.7 Å². The van der Waals surface area contributed by atoms with E-state index in [1.54, 1.807) is 0 Å². The monoisotopic (exact) mass is 171 g/mol. The molecule has 0 aliphatic heterocycles. The number of urea groups is 1. The zero-order valence-electron chi connectivity index (χ0n) is 6.90. The highest BCUT2D eigenvalue weighted by atomic mass is 16.3. The Morgan fingerprint density at radius 1 is 1.33 bits per heavy atom. The molecule has 1 aliphatic rings. The molecule has 1 aliphatic carbocycles. The minimum atomic E-state index is -0.739. The third kappa shape index (κ3) is 1.93. The van der Waals surface area contributed by atoms with Crippen LogP contribution in [0.4, 0.5) is 4.79 Å². The zero-order chi connectivity index (χ0) is 8.97. The van der Waals surface area contributed by atoms with Crippen LogP contribution in [0.5, 0.6) is 0 Å². The summed E-state index contributed by atoms with van der Waals surface area (Å²) in [6.45, 7) is 0. The van der Waals surface area contributed by atoms with Crippen LogP contribution >= 0.6 is 0 Å². The molecule has 1 fully saturated rings. The number of carbonyl (C=O) groups is 1. The molecule has 0 spiro atoms. The molecule has 0 radical (unpaired) electrons. The minimum Gasteiger partial charge on any atom is -0.350 e. The van der Waals surface area contributed by atoms with Gasteiger partial charge in [-0.1, -0.05) is 19.3 Å². The van der Waals surface area contributed by atoms with Crippen molar-refractivity contribution in [1.82, 2.24) is 5.01 Å². The van der Waals surface area contributed by atoms with Crippen molar-refractivity contribution in [3.63, 3.8) is 0 Å². The number of amides is 2. The van der Waals surface area contributed by atoms with Crippen molar-refractivity contribution in [3.05, 3.63) is 4.91 Å². The van der Waals surface area contributed by atoms with Gasteiger partial charge in [0.1, 0.15) is 0 Å². The van der Waals surface area contributed by atoms with E-state index in [-0.39, 0.29) is 6.04 Å². The maximum absolute atomic E-state index is 10.7. The van der Waals surface area contributed by atoms with Crippen molar-refractivity contribution >= 4 is 6.03 Å². The van der Waals surface area contributed by atoms with Gasteiger partial charge in [-0.25, -0.2) is 4.79 Å². The molecule has 1 saturated carbocycles. The predicted octanol–water partition coefficient (Wildman–Crippen LogP) is 1.38. The van der Waals surface area contributed by atoms with E-state index in [0.29, 0.717) is 0 Å². The van der Waals surface area contributed by atoms with Crippen LogP contribution in [0.3, 0.4) is 0 Å². The normalized spacial score (nSPS) is 18.7.